The van der Waals surface area contributed by atoms with Gasteiger partial charge in [-0.2, -0.15) is 8.42 Å². The molecule has 0 aromatic rings. The van der Waals surface area contributed by atoms with E-state index in [2.05, 4.69) is 43.5 Å². The fourth-order valence-electron chi connectivity index (χ4n) is 5.49. The van der Waals surface area contributed by atoms with Crippen LogP contribution in [0.4, 0.5) is 0 Å². The number of aliphatic hydroxyl groups excluding tert-OH is 2. The zero-order valence-electron chi connectivity index (χ0n) is 29.6. The standard InChI is InChI=1S/C38H71NO6S/c1-3-5-7-9-11-13-15-17-19-21-23-25-27-29-31-33-37(41)38(42)39-35(34-46(43,44)45)36(40)32-30-28-26-24-22-20-18-16-14-12-10-8-6-4-2/h14,16,22,24,30,32,35-37,40-41H,3-13,15,17-21,23,25-29,31,33-34H2,1-2H3,(H,39,42)(H,43,44,45)/b16-14+,24-22+,32-30+. The van der Waals surface area contributed by atoms with Gasteiger partial charge in [0.25, 0.3) is 10.1 Å². The Morgan fingerprint density at radius 2 is 0.978 bits per heavy atom. The van der Waals surface area contributed by atoms with E-state index in [1.165, 1.54) is 102 Å². The summed E-state index contributed by atoms with van der Waals surface area (Å²) in [6.07, 6.45) is 37.7. The van der Waals surface area contributed by atoms with Gasteiger partial charge in [-0.1, -0.05) is 166 Å². The van der Waals surface area contributed by atoms with Crippen LogP contribution in [0.5, 0.6) is 0 Å². The molecule has 0 fully saturated rings. The van der Waals surface area contributed by atoms with Crippen LogP contribution < -0.4 is 5.32 Å². The average Bonchev–Trinajstić information content (AvgIpc) is 3.01. The molecule has 0 saturated heterocycles. The number of rotatable bonds is 33. The molecule has 0 aliphatic carbocycles. The third-order valence-electron chi connectivity index (χ3n) is 8.40. The molecular weight excluding hydrogens is 598 g/mol. The molecule has 3 atom stereocenters. The molecule has 0 heterocycles. The van der Waals surface area contributed by atoms with E-state index in [4.69, 9.17) is 0 Å². The molecule has 270 valence electrons. The van der Waals surface area contributed by atoms with E-state index in [0.717, 1.165) is 44.9 Å². The maximum absolute atomic E-state index is 12.5. The lowest BCUT2D eigenvalue weighted by Gasteiger charge is -2.22. The van der Waals surface area contributed by atoms with Gasteiger partial charge in [0.05, 0.1) is 17.9 Å². The van der Waals surface area contributed by atoms with Crippen LogP contribution in [0.1, 0.15) is 174 Å². The SMILES string of the molecule is CCCCCC/C=C/CC/C=C/CC/C=C/C(O)C(CS(=O)(=O)O)NC(=O)C(O)CCCCCCCCCCCCCCCCC. The van der Waals surface area contributed by atoms with Crippen molar-refractivity contribution in [2.24, 2.45) is 0 Å². The average molecular weight is 670 g/mol. The molecule has 1 amide bonds. The topological polar surface area (TPSA) is 124 Å². The van der Waals surface area contributed by atoms with Gasteiger partial charge < -0.3 is 15.5 Å². The highest BCUT2D eigenvalue weighted by atomic mass is 32.2. The first-order valence-corrected chi connectivity index (χ1v) is 20.4. The Hall–Kier alpha value is -1.48. The summed E-state index contributed by atoms with van der Waals surface area (Å²) < 4.78 is 32.4. The highest BCUT2D eigenvalue weighted by molar-refractivity contribution is 7.85. The molecule has 7 nitrogen and oxygen atoms in total. The number of amides is 1. The maximum atomic E-state index is 12.5. The highest BCUT2D eigenvalue weighted by Crippen LogP contribution is 2.14. The quantitative estimate of drug-likeness (QED) is 0.0313. The minimum atomic E-state index is -4.45. The van der Waals surface area contributed by atoms with Crippen molar-refractivity contribution in [2.75, 3.05) is 5.75 Å². The summed E-state index contributed by atoms with van der Waals surface area (Å²) in [6.45, 7) is 4.47. The molecule has 0 rings (SSSR count). The normalized spacial score (nSPS) is 14.5. The van der Waals surface area contributed by atoms with Gasteiger partial charge in [-0.15, -0.1) is 0 Å². The summed E-state index contributed by atoms with van der Waals surface area (Å²) in [5.41, 5.74) is 0. The van der Waals surface area contributed by atoms with E-state index in [1.807, 2.05) is 0 Å². The van der Waals surface area contributed by atoms with Crippen LogP contribution in [0.2, 0.25) is 0 Å². The Balaban J connectivity index is 4.16. The van der Waals surface area contributed by atoms with E-state index >= 15 is 0 Å². The Morgan fingerprint density at radius 3 is 1.43 bits per heavy atom. The Morgan fingerprint density at radius 1 is 0.587 bits per heavy atom. The molecule has 0 aliphatic heterocycles. The number of nitrogens with one attached hydrogen (secondary N) is 1. The lowest BCUT2D eigenvalue weighted by Crippen LogP contribution is -2.50. The predicted octanol–water partition coefficient (Wildman–Crippen LogP) is 9.54. The van der Waals surface area contributed by atoms with Crippen LogP contribution in [0, 0.1) is 0 Å². The molecule has 4 N–H and O–H groups in total. The molecule has 0 radical (unpaired) electrons. The van der Waals surface area contributed by atoms with E-state index in [1.54, 1.807) is 6.08 Å². The molecule has 0 saturated carbocycles. The molecule has 0 bridgehead atoms. The monoisotopic (exact) mass is 670 g/mol. The van der Waals surface area contributed by atoms with Crippen molar-refractivity contribution in [3.63, 3.8) is 0 Å². The Bertz CT molecular complexity index is 886. The summed E-state index contributed by atoms with van der Waals surface area (Å²) >= 11 is 0. The maximum Gasteiger partial charge on any atom is 0.267 e. The van der Waals surface area contributed by atoms with Crippen molar-refractivity contribution >= 4 is 16.0 Å². The summed E-state index contributed by atoms with van der Waals surface area (Å²) in [5.74, 6) is -1.56. The zero-order valence-corrected chi connectivity index (χ0v) is 30.4. The van der Waals surface area contributed by atoms with Crippen LogP contribution in [-0.4, -0.2) is 53.1 Å². The van der Waals surface area contributed by atoms with Crippen LogP contribution in [-0.2, 0) is 14.9 Å². The van der Waals surface area contributed by atoms with Gasteiger partial charge in [0.1, 0.15) is 6.10 Å². The predicted molar refractivity (Wildman–Crippen MR) is 195 cm³/mol. The second-order valence-electron chi connectivity index (χ2n) is 13.0. The van der Waals surface area contributed by atoms with Crippen molar-refractivity contribution in [1.82, 2.24) is 5.32 Å². The second-order valence-corrected chi connectivity index (χ2v) is 14.5. The number of allylic oxidation sites excluding steroid dienone is 5. The highest BCUT2D eigenvalue weighted by Gasteiger charge is 2.27. The van der Waals surface area contributed by atoms with Crippen molar-refractivity contribution in [3.8, 4) is 0 Å². The number of aliphatic hydroxyl groups is 2. The van der Waals surface area contributed by atoms with Gasteiger partial charge >= 0.3 is 0 Å². The first kappa shape index (κ1) is 44.5. The summed E-state index contributed by atoms with van der Waals surface area (Å²) in [4.78, 5) is 12.5. The zero-order chi connectivity index (χ0) is 34.1. The molecule has 0 aromatic heterocycles. The third-order valence-corrected chi connectivity index (χ3v) is 9.19. The summed E-state index contributed by atoms with van der Waals surface area (Å²) in [7, 11) is -4.45. The molecule has 46 heavy (non-hydrogen) atoms. The van der Waals surface area contributed by atoms with Gasteiger partial charge in [0, 0.05) is 0 Å². The largest absolute Gasteiger partial charge is 0.387 e. The van der Waals surface area contributed by atoms with Crippen molar-refractivity contribution in [3.05, 3.63) is 36.5 Å². The molecule has 3 unspecified atom stereocenters. The van der Waals surface area contributed by atoms with Crippen molar-refractivity contribution in [2.45, 2.75) is 193 Å². The van der Waals surface area contributed by atoms with Gasteiger partial charge in [0.2, 0.25) is 5.91 Å². The van der Waals surface area contributed by atoms with E-state index < -0.39 is 40.0 Å². The lowest BCUT2D eigenvalue weighted by molar-refractivity contribution is -0.130. The lowest BCUT2D eigenvalue weighted by atomic mass is 10.0. The fraction of sp³-hybridized carbons (Fsp3) is 0.816. The van der Waals surface area contributed by atoms with Gasteiger partial charge in [0.15, 0.2) is 0 Å². The van der Waals surface area contributed by atoms with E-state index in [-0.39, 0.29) is 6.42 Å². The number of hydrogen-bond acceptors (Lipinski definition) is 5. The molecule has 8 heteroatoms. The number of carbonyl (C=O) groups excluding carboxylic acids is 1. The third kappa shape index (κ3) is 31.1. The van der Waals surface area contributed by atoms with Crippen LogP contribution >= 0.6 is 0 Å². The van der Waals surface area contributed by atoms with Gasteiger partial charge in [-0.05, 0) is 44.9 Å². The van der Waals surface area contributed by atoms with E-state index in [0.29, 0.717) is 12.8 Å². The minimum Gasteiger partial charge on any atom is -0.387 e. The van der Waals surface area contributed by atoms with Crippen molar-refractivity contribution < 1.29 is 28.0 Å². The molecule has 0 aromatic carbocycles. The van der Waals surface area contributed by atoms with Gasteiger partial charge in [-0.25, -0.2) is 0 Å². The number of unbranched alkanes of at least 4 members (excludes halogenated alkanes) is 20. The molecule has 0 spiro atoms. The minimum absolute atomic E-state index is 0.274. The van der Waals surface area contributed by atoms with Crippen LogP contribution in [0.25, 0.3) is 0 Å². The van der Waals surface area contributed by atoms with E-state index in [9.17, 15) is 28.0 Å². The Kier molecular flexibility index (Phi) is 31.1. The van der Waals surface area contributed by atoms with Crippen LogP contribution in [0.15, 0.2) is 36.5 Å². The van der Waals surface area contributed by atoms with Gasteiger partial charge in [-0.3, -0.25) is 9.35 Å². The number of hydrogen-bond donors (Lipinski definition) is 4. The summed E-state index contributed by atoms with van der Waals surface area (Å²) in [5, 5.41) is 23.3. The molecular formula is C38H71NO6S. The summed E-state index contributed by atoms with van der Waals surface area (Å²) in [6, 6.07) is -1.25. The first-order valence-electron chi connectivity index (χ1n) is 18.8. The fourth-order valence-corrected chi connectivity index (χ4v) is 6.22. The first-order chi connectivity index (χ1) is 22.2. The van der Waals surface area contributed by atoms with Crippen LogP contribution in [0.3, 0.4) is 0 Å². The molecule has 0 aliphatic rings. The second kappa shape index (κ2) is 32.1. The smallest absolute Gasteiger partial charge is 0.267 e. The Labute approximate surface area is 283 Å². The van der Waals surface area contributed by atoms with Crippen molar-refractivity contribution in [1.29, 1.82) is 0 Å². The number of carbonyl (C=O) groups is 1.